The molecule has 2 rings (SSSR count). The fraction of sp³-hybridized carbons (Fsp3) is 0.250. The maximum absolute atomic E-state index is 12.1. The minimum atomic E-state index is -0.632. The summed E-state index contributed by atoms with van der Waals surface area (Å²) in [5.41, 5.74) is 1.32. The number of esters is 1. The van der Waals surface area contributed by atoms with Crippen molar-refractivity contribution < 1.29 is 28.6 Å². The molecule has 0 spiro atoms. The van der Waals surface area contributed by atoms with Crippen molar-refractivity contribution in [3.05, 3.63) is 52.5 Å². The average molecular weight is 406 g/mol. The molecule has 8 heteroatoms. The number of hydrogen-bond donors (Lipinski definition) is 1. The fourth-order valence-electron chi connectivity index (χ4n) is 2.45. The van der Waals surface area contributed by atoms with E-state index in [1.165, 1.54) is 27.2 Å². The van der Waals surface area contributed by atoms with Gasteiger partial charge in [-0.25, -0.2) is 0 Å². The Labute approximate surface area is 167 Å². The number of halogens is 1. The second kappa shape index (κ2) is 9.75. The van der Waals surface area contributed by atoms with Crippen LogP contribution in [0.1, 0.15) is 22.8 Å². The van der Waals surface area contributed by atoms with Crippen molar-refractivity contribution in [1.29, 1.82) is 0 Å². The van der Waals surface area contributed by atoms with Crippen molar-refractivity contribution in [2.45, 2.75) is 13.3 Å². The van der Waals surface area contributed by atoms with E-state index >= 15 is 0 Å². The Bertz CT molecular complexity index is 896. The van der Waals surface area contributed by atoms with E-state index in [9.17, 15) is 14.4 Å². The van der Waals surface area contributed by atoms with Crippen molar-refractivity contribution in [2.24, 2.45) is 0 Å². The van der Waals surface area contributed by atoms with E-state index in [0.717, 1.165) is 0 Å². The van der Waals surface area contributed by atoms with E-state index in [2.05, 4.69) is 5.32 Å². The number of anilines is 1. The monoisotopic (exact) mass is 405 g/mol. The number of hydrogen-bond acceptors (Lipinski definition) is 6. The molecule has 0 fully saturated rings. The van der Waals surface area contributed by atoms with Crippen LogP contribution in [-0.2, 0) is 20.7 Å². The van der Waals surface area contributed by atoms with E-state index in [4.69, 9.17) is 25.8 Å². The zero-order chi connectivity index (χ0) is 20.7. The molecule has 0 bridgehead atoms. The van der Waals surface area contributed by atoms with Gasteiger partial charge in [0, 0.05) is 16.1 Å². The highest BCUT2D eigenvalue weighted by Gasteiger charge is 2.15. The molecule has 0 aliphatic heterocycles. The number of ether oxygens (including phenoxy) is 3. The summed E-state index contributed by atoms with van der Waals surface area (Å²) < 4.78 is 15.4. The number of benzene rings is 2. The third-order valence-corrected chi connectivity index (χ3v) is 4.06. The first kappa shape index (κ1) is 21.2. The van der Waals surface area contributed by atoms with Crippen LogP contribution in [-0.4, -0.2) is 38.5 Å². The smallest absolute Gasteiger partial charge is 0.310 e. The largest absolute Gasteiger partial charge is 0.496 e. The fourth-order valence-corrected chi connectivity index (χ4v) is 2.62. The van der Waals surface area contributed by atoms with Crippen LogP contribution in [0.4, 0.5) is 5.69 Å². The van der Waals surface area contributed by atoms with Crippen LogP contribution in [0.15, 0.2) is 36.4 Å². The van der Waals surface area contributed by atoms with Gasteiger partial charge < -0.3 is 19.5 Å². The van der Waals surface area contributed by atoms with Gasteiger partial charge in [0.1, 0.15) is 11.5 Å². The Hall–Kier alpha value is -3.06. The molecule has 0 radical (unpaired) electrons. The molecule has 0 atom stereocenters. The van der Waals surface area contributed by atoms with Crippen molar-refractivity contribution >= 4 is 34.9 Å². The number of nitrogens with one attached hydrogen (secondary N) is 1. The van der Waals surface area contributed by atoms with Gasteiger partial charge in [-0.15, -0.1) is 0 Å². The normalized spacial score (nSPS) is 10.1. The van der Waals surface area contributed by atoms with Gasteiger partial charge in [0.25, 0.3) is 5.91 Å². The van der Waals surface area contributed by atoms with E-state index < -0.39 is 18.5 Å². The predicted octanol–water partition coefficient (Wildman–Crippen LogP) is 3.28. The maximum Gasteiger partial charge on any atom is 0.310 e. The Morgan fingerprint density at radius 2 is 1.68 bits per heavy atom. The third kappa shape index (κ3) is 5.72. The second-order valence-electron chi connectivity index (χ2n) is 5.81. The quantitative estimate of drug-likeness (QED) is 0.535. The highest BCUT2D eigenvalue weighted by Crippen LogP contribution is 2.27. The predicted molar refractivity (Wildman–Crippen MR) is 104 cm³/mol. The average Bonchev–Trinajstić information content (AvgIpc) is 2.66. The molecule has 1 amide bonds. The first-order chi connectivity index (χ1) is 13.3. The van der Waals surface area contributed by atoms with Crippen LogP contribution >= 0.6 is 11.6 Å². The van der Waals surface area contributed by atoms with Gasteiger partial charge >= 0.3 is 5.97 Å². The lowest BCUT2D eigenvalue weighted by atomic mass is 10.0. The van der Waals surface area contributed by atoms with E-state index in [0.29, 0.717) is 33.3 Å². The molecule has 2 aromatic rings. The summed E-state index contributed by atoms with van der Waals surface area (Å²) in [6.45, 7) is 0.946. The van der Waals surface area contributed by atoms with Crippen LogP contribution in [0.25, 0.3) is 0 Å². The molecule has 28 heavy (non-hydrogen) atoms. The second-order valence-corrected chi connectivity index (χ2v) is 6.25. The van der Waals surface area contributed by atoms with Crippen molar-refractivity contribution in [3.8, 4) is 11.5 Å². The summed E-state index contributed by atoms with van der Waals surface area (Å²) >= 11 is 5.91. The maximum atomic E-state index is 12.1. The summed E-state index contributed by atoms with van der Waals surface area (Å²) in [5, 5.41) is 2.99. The number of ketones is 1. The minimum absolute atomic E-state index is 0.132. The zero-order valence-electron chi connectivity index (χ0n) is 15.7. The van der Waals surface area contributed by atoms with Crippen LogP contribution in [0.2, 0.25) is 5.02 Å². The van der Waals surface area contributed by atoms with Gasteiger partial charge in [0.05, 0.1) is 26.3 Å². The SMILES string of the molecule is COc1ccc(C(C)=O)cc1CC(=O)OCC(=O)Nc1cc(Cl)ccc1OC. The van der Waals surface area contributed by atoms with Crippen LogP contribution in [0, 0.1) is 0 Å². The van der Waals surface area contributed by atoms with Gasteiger partial charge in [0.15, 0.2) is 12.4 Å². The van der Waals surface area contributed by atoms with E-state index in [-0.39, 0.29) is 12.2 Å². The van der Waals surface area contributed by atoms with Crippen LogP contribution in [0.5, 0.6) is 11.5 Å². The lowest BCUT2D eigenvalue weighted by Crippen LogP contribution is -2.22. The molecule has 1 N–H and O–H groups in total. The summed E-state index contributed by atoms with van der Waals surface area (Å²) in [6.07, 6.45) is -0.141. The molecular weight excluding hydrogens is 386 g/mol. The molecule has 2 aromatic carbocycles. The Morgan fingerprint density at radius 1 is 1.00 bits per heavy atom. The summed E-state index contributed by atoms with van der Waals surface area (Å²) in [5.74, 6) is -0.428. The number of carbonyl (C=O) groups excluding carboxylic acids is 3. The lowest BCUT2D eigenvalue weighted by Gasteiger charge is -2.12. The van der Waals surface area contributed by atoms with E-state index in [1.807, 2.05) is 0 Å². The number of Topliss-reactive ketones (excluding diaryl/α,β-unsaturated/α-hetero) is 1. The summed E-state index contributed by atoms with van der Waals surface area (Å²) in [4.78, 5) is 35.7. The van der Waals surface area contributed by atoms with Crippen molar-refractivity contribution in [3.63, 3.8) is 0 Å². The summed E-state index contributed by atoms with van der Waals surface area (Å²) in [6, 6.07) is 9.55. The molecule has 0 saturated heterocycles. The Morgan fingerprint density at radius 3 is 2.32 bits per heavy atom. The zero-order valence-corrected chi connectivity index (χ0v) is 16.5. The van der Waals surface area contributed by atoms with Gasteiger partial charge in [-0.3, -0.25) is 14.4 Å². The highest BCUT2D eigenvalue weighted by atomic mass is 35.5. The molecule has 0 heterocycles. The minimum Gasteiger partial charge on any atom is -0.496 e. The topological polar surface area (TPSA) is 90.9 Å². The number of carbonyl (C=O) groups is 3. The van der Waals surface area contributed by atoms with Gasteiger partial charge in [-0.05, 0) is 43.3 Å². The van der Waals surface area contributed by atoms with Crippen molar-refractivity contribution in [1.82, 2.24) is 0 Å². The number of rotatable bonds is 8. The van der Waals surface area contributed by atoms with Crippen LogP contribution < -0.4 is 14.8 Å². The van der Waals surface area contributed by atoms with Crippen LogP contribution in [0.3, 0.4) is 0 Å². The molecule has 0 aliphatic rings. The highest BCUT2D eigenvalue weighted by molar-refractivity contribution is 6.31. The van der Waals surface area contributed by atoms with Crippen molar-refractivity contribution in [2.75, 3.05) is 26.1 Å². The molecule has 0 aliphatic carbocycles. The third-order valence-electron chi connectivity index (χ3n) is 3.82. The molecular formula is C20H20ClNO6. The Balaban J connectivity index is 1.97. The standard InChI is InChI=1S/C20H20ClNO6/c1-12(23)13-4-6-17(26-2)14(8-13)9-20(25)28-11-19(24)22-16-10-15(21)5-7-18(16)27-3/h4-8,10H,9,11H2,1-3H3,(H,22,24). The molecule has 0 aromatic heterocycles. The molecule has 0 unspecified atom stereocenters. The van der Waals surface area contributed by atoms with Gasteiger partial charge in [-0.1, -0.05) is 11.6 Å². The summed E-state index contributed by atoms with van der Waals surface area (Å²) in [7, 11) is 2.92. The van der Waals surface area contributed by atoms with Gasteiger partial charge in [0.2, 0.25) is 0 Å². The first-order valence-electron chi connectivity index (χ1n) is 8.31. The van der Waals surface area contributed by atoms with Gasteiger partial charge in [-0.2, -0.15) is 0 Å². The lowest BCUT2D eigenvalue weighted by molar-refractivity contribution is -0.146. The molecule has 7 nitrogen and oxygen atoms in total. The number of methoxy groups -OCH3 is 2. The van der Waals surface area contributed by atoms with E-state index in [1.54, 1.807) is 30.3 Å². The Kier molecular flexibility index (Phi) is 7.40. The molecule has 0 saturated carbocycles. The first-order valence-corrected chi connectivity index (χ1v) is 8.68. The molecule has 148 valence electrons. The number of amides is 1.